The number of nitrogens with zero attached hydrogens (tertiary/aromatic N) is 2. The molecule has 0 saturated carbocycles. The number of aryl methyl sites for hydroxylation is 1. The fraction of sp³-hybridized carbons (Fsp3) is 0.0909. The molecule has 1 aromatic carbocycles. The number of fused-ring (bicyclic) bond motifs is 1. The van der Waals surface area contributed by atoms with Crippen LogP contribution < -0.4 is 0 Å². The van der Waals surface area contributed by atoms with Crippen molar-refractivity contribution in [3.05, 3.63) is 35.2 Å². The number of hydrogen-bond acceptors (Lipinski definition) is 3. The summed E-state index contributed by atoms with van der Waals surface area (Å²) in [5.41, 5.74) is 4.16. The van der Waals surface area contributed by atoms with Crippen LogP contribution in [0.15, 0.2) is 29.6 Å². The van der Waals surface area contributed by atoms with Crippen LogP contribution in [0, 0.1) is 6.92 Å². The molecule has 0 aliphatic rings. The van der Waals surface area contributed by atoms with Crippen LogP contribution in [-0.4, -0.2) is 14.3 Å². The van der Waals surface area contributed by atoms with Crippen LogP contribution in [0.3, 0.4) is 0 Å². The third-order valence-electron chi connectivity index (χ3n) is 2.36. The number of hydrogen-bond donors (Lipinski definition) is 1. The summed E-state index contributed by atoms with van der Waals surface area (Å²) < 4.78 is 4.33. The second-order valence-electron chi connectivity index (χ2n) is 3.45. The van der Waals surface area contributed by atoms with E-state index in [-0.39, 0.29) is 0 Å². The fourth-order valence-corrected chi connectivity index (χ4v) is 2.24. The summed E-state index contributed by atoms with van der Waals surface area (Å²) in [6.07, 6.45) is 0. The van der Waals surface area contributed by atoms with Gasteiger partial charge in [-0.15, -0.1) is 0 Å². The second-order valence-corrected chi connectivity index (χ2v) is 4.08. The van der Waals surface area contributed by atoms with Gasteiger partial charge in [-0.1, -0.05) is 12.1 Å². The molecule has 0 radical (unpaired) electrons. The van der Waals surface area contributed by atoms with Gasteiger partial charge in [0.25, 0.3) is 0 Å². The van der Waals surface area contributed by atoms with Crippen molar-refractivity contribution in [2.75, 3.05) is 0 Å². The lowest BCUT2D eigenvalue weighted by Crippen LogP contribution is -1.81. The highest BCUT2D eigenvalue weighted by atomic mass is 32.1. The molecule has 0 saturated heterocycles. The maximum absolute atomic E-state index is 4.50. The first kappa shape index (κ1) is 8.61. The molecule has 0 atom stereocenters. The van der Waals surface area contributed by atoms with Gasteiger partial charge in [-0.3, -0.25) is 0 Å². The molecular weight excluding hydrogens is 206 g/mol. The number of nitrogens with one attached hydrogen (secondary N) is 1. The minimum atomic E-state index is 0.856. The predicted octanol–water partition coefficient (Wildman–Crippen LogP) is 2.99. The molecule has 0 spiro atoms. The second kappa shape index (κ2) is 3.17. The van der Waals surface area contributed by atoms with Crippen LogP contribution in [0.1, 0.15) is 5.56 Å². The minimum Gasteiger partial charge on any atom is -0.337 e. The normalized spacial score (nSPS) is 11.0. The zero-order valence-corrected chi connectivity index (χ0v) is 9.01. The Balaban J connectivity index is 2.24. The average molecular weight is 215 g/mol. The number of benzene rings is 1. The van der Waals surface area contributed by atoms with Crippen molar-refractivity contribution in [3.63, 3.8) is 0 Å². The molecule has 4 heteroatoms. The van der Waals surface area contributed by atoms with Crippen molar-refractivity contribution in [1.29, 1.82) is 0 Å². The average Bonchev–Trinajstić information content (AvgIpc) is 2.82. The van der Waals surface area contributed by atoms with Crippen LogP contribution in [0.2, 0.25) is 0 Å². The van der Waals surface area contributed by atoms with E-state index in [9.17, 15) is 0 Å². The first-order valence-corrected chi connectivity index (χ1v) is 5.54. The van der Waals surface area contributed by atoms with Crippen LogP contribution in [0.25, 0.3) is 22.6 Å². The van der Waals surface area contributed by atoms with Crippen LogP contribution in [-0.2, 0) is 0 Å². The first-order valence-electron chi connectivity index (χ1n) is 4.71. The van der Waals surface area contributed by atoms with E-state index >= 15 is 0 Å². The standard InChI is InChI=1S/C11H9N3S/c1-7-6-15-14-10(7)11-12-8-4-2-3-5-9(8)13-11/h2-6H,1H3,(H,12,13). The van der Waals surface area contributed by atoms with Crippen LogP contribution >= 0.6 is 11.5 Å². The zero-order chi connectivity index (χ0) is 10.3. The summed E-state index contributed by atoms with van der Waals surface area (Å²) in [6.45, 7) is 2.05. The molecule has 0 aliphatic carbocycles. The Morgan fingerprint density at radius 1 is 1.27 bits per heavy atom. The van der Waals surface area contributed by atoms with Gasteiger partial charge in [-0.2, -0.15) is 4.37 Å². The van der Waals surface area contributed by atoms with Gasteiger partial charge in [-0.05, 0) is 36.2 Å². The third-order valence-corrected chi connectivity index (χ3v) is 3.11. The van der Waals surface area contributed by atoms with E-state index in [0.29, 0.717) is 0 Å². The van der Waals surface area contributed by atoms with E-state index in [1.165, 1.54) is 17.1 Å². The number of rotatable bonds is 1. The molecule has 1 N–H and O–H groups in total. The van der Waals surface area contributed by atoms with Crippen LogP contribution in [0.5, 0.6) is 0 Å². The van der Waals surface area contributed by atoms with Crippen LogP contribution in [0.4, 0.5) is 0 Å². The summed E-state index contributed by atoms with van der Waals surface area (Å²) in [4.78, 5) is 7.78. The lowest BCUT2D eigenvalue weighted by atomic mass is 10.3. The van der Waals surface area contributed by atoms with Gasteiger partial charge in [0.15, 0.2) is 5.82 Å². The SMILES string of the molecule is Cc1csnc1-c1nc2ccccc2[nH]1. The molecule has 15 heavy (non-hydrogen) atoms. The van der Waals surface area contributed by atoms with Crippen molar-refractivity contribution in [2.24, 2.45) is 0 Å². The smallest absolute Gasteiger partial charge is 0.158 e. The summed E-state index contributed by atoms with van der Waals surface area (Å²) in [5, 5.41) is 2.03. The van der Waals surface area contributed by atoms with Gasteiger partial charge in [0.1, 0.15) is 5.69 Å². The maximum atomic E-state index is 4.50. The molecule has 3 nitrogen and oxygen atoms in total. The molecule has 74 valence electrons. The monoisotopic (exact) mass is 215 g/mol. The van der Waals surface area contributed by atoms with E-state index in [2.05, 4.69) is 14.3 Å². The number of H-pyrrole nitrogens is 1. The Kier molecular flexibility index (Phi) is 1.82. The molecule has 0 aliphatic heterocycles. The zero-order valence-electron chi connectivity index (χ0n) is 8.19. The molecule has 2 heterocycles. The Morgan fingerprint density at radius 3 is 2.87 bits per heavy atom. The van der Waals surface area contributed by atoms with E-state index in [1.807, 2.05) is 36.6 Å². The van der Waals surface area contributed by atoms with Gasteiger partial charge < -0.3 is 4.98 Å². The van der Waals surface area contributed by atoms with Crippen molar-refractivity contribution in [1.82, 2.24) is 14.3 Å². The highest BCUT2D eigenvalue weighted by molar-refractivity contribution is 7.04. The lowest BCUT2D eigenvalue weighted by molar-refractivity contribution is 1.28. The van der Waals surface area contributed by atoms with Crippen molar-refractivity contribution >= 4 is 22.6 Å². The number of aromatic nitrogens is 3. The number of para-hydroxylation sites is 2. The molecule has 3 aromatic rings. The molecule has 0 amide bonds. The third kappa shape index (κ3) is 1.34. The molecule has 0 fully saturated rings. The number of aromatic amines is 1. The molecular formula is C11H9N3S. The molecule has 3 rings (SSSR count). The molecule has 2 aromatic heterocycles. The lowest BCUT2D eigenvalue weighted by Gasteiger charge is -1.90. The maximum Gasteiger partial charge on any atom is 0.158 e. The van der Waals surface area contributed by atoms with E-state index in [0.717, 1.165) is 22.6 Å². The van der Waals surface area contributed by atoms with Gasteiger partial charge in [0, 0.05) is 5.38 Å². The fourth-order valence-electron chi connectivity index (χ4n) is 1.58. The van der Waals surface area contributed by atoms with E-state index < -0.39 is 0 Å². The first-order chi connectivity index (χ1) is 7.34. The Bertz CT molecular complexity index is 576. The van der Waals surface area contributed by atoms with Gasteiger partial charge in [-0.25, -0.2) is 4.98 Å². The Labute approximate surface area is 91.0 Å². The highest BCUT2D eigenvalue weighted by Gasteiger charge is 2.09. The van der Waals surface area contributed by atoms with Crippen molar-refractivity contribution in [3.8, 4) is 11.5 Å². The highest BCUT2D eigenvalue weighted by Crippen LogP contribution is 2.23. The van der Waals surface area contributed by atoms with Gasteiger partial charge in [0.2, 0.25) is 0 Å². The molecule has 0 unspecified atom stereocenters. The molecule has 0 bridgehead atoms. The Morgan fingerprint density at radius 2 is 2.13 bits per heavy atom. The largest absolute Gasteiger partial charge is 0.337 e. The summed E-state index contributed by atoms with van der Waals surface area (Å²) in [6, 6.07) is 8.00. The minimum absolute atomic E-state index is 0.856. The Hall–Kier alpha value is -1.68. The van der Waals surface area contributed by atoms with Crippen molar-refractivity contribution < 1.29 is 0 Å². The topological polar surface area (TPSA) is 41.6 Å². The quantitative estimate of drug-likeness (QED) is 0.678. The van der Waals surface area contributed by atoms with Gasteiger partial charge in [0.05, 0.1) is 11.0 Å². The van der Waals surface area contributed by atoms with E-state index in [1.54, 1.807) is 0 Å². The van der Waals surface area contributed by atoms with Gasteiger partial charge >= 0.3 is 0 Å². The summed E-state index contributed by atoms with van der Waals surface area (Å²) in [7, 11) is 0. The summed E-state index contributed by atoms with van der Waals surface area (Å²) >= 11 is 1.46. The predicted molar refractivity (Wildman–Crippen MR) is 61.9 cm³/mol. The summed E-state index contributed by atoms with van der Waals surface area (Å²) in [5.74, 6) is 0.856. The van der Waals surface area contributed by atoms with Crippen molar-refractivity contribution in [2.45, 2.75) is 6.92 Å². The number of imidazole rings is 1. The van der Waals surface area contributed by atoms with E-state index in [4.69, 9.17) is 0 Å².